The fourth-order valence-electron chi connectivity index (χ4n) is 4.04. The molecular formula is C19H32N4O3. The molecule has 4 atom stereocenters. The molecule has 0 radical (unpaired) electrons. The number of aliphatic hydroxyl groups is 2. The predicted octanol–water partition coefficient (Wildman–Crippen LogP) is 0.866. The Kier molecular flexibility index (Phi) is 6.67. The van der Waals surface area contributed by atoms with Crippen LogP contribution in [0.25, 0.3) is 0 Å². The average molecular weight is 364 g/mol. The first-order valence-corrected chi connectivity index (χ1v) is 9.94. The zero-order valence-electron chi connectivity index (χ0n) is 15.3. The first-order valence-electron chi connectivity index (χ1n) is 9.94. The molecular weight excluding hydrogens is 332 g/mol. The summed E-state index contributed by atoms with van der Waals surface area (Å²) < 4.78 is 0. The van der Waals surface area contributed by atoms with Gasteiger partial charge in [0.05, 0.1) is 24.5 Å². The molecule has 0 saturated heterocycles. The summed E-state index contributed by atoms with van der Waals surface area (Å²) in [6.07, 6.45) is 10.4. The number of H-pyrrole nitrogens is 1. The highest BCUT2D eigenvalue weighted by Gasteiger charge is 2.39. The van der Waals surface area contributed by atoms with Crippen molar-refractivity contribution in [2.75, 3.05) is 0 Å². The second-order valence-electron chi connectivity index (χ2n) is 8.06. The number of imidazole rings is 1. The van der Waals surface area contributed by atoms with Gasteiger partial charge in [-0.1, -0.05) is 32.1 Å². The maximum atomic E-state index is 12.6. The van der Waals surface area contributed by atoms with Crippen LogP contribution >= 0.6 is 0 Å². The number of amides is 1. The van der Waals surface area contributed by atoms with Gasteiger partial charge in [0.1, 0.15) is 6.10 Å². The Morgan fingerprint density at radius 3 is 2.62 bits per heavy atom. The lowest BCUT2D eigenvalue weighted by Gasteiger charge is -2.33. The lowest BCUT2D eigenvalue weighted by atomic mass is 9.82. The van der Waals surface area contributed by atoms with Crippen molar-refractivity contribution < 1.29 is 15.0 Å². The van der Waals surface area contributed by atoms with E-state index >= 15 is 0 Å². The van der Waals surface area contributed by atoms with E-state index in [1.54, 1.807) is 12.5 Å². The summed E-state index contributed by atoms with van der Waals surface area (Å²) >= 11 is 0. The number of carbonyl (C=O) groups excluding carboxylic acids is 1. The minimum Gasteiger partial charge on any atom is -0.390 e. The van der Waals surface area contributed by atoms with E-state index in [2.05, 4.69) is 15.3 Å². The summed E-state index contributed by atoms with van der Waals surface area (Å²) in [6.45, 7) is 0. The van der Waals surface area contributed by atoms with E-state index < -0.39 is 24.3 Å². The summed E-state index contributed by atoms with van der Waals surface area (Å²) in [7, 11) is 0. The lowest BCUT2D eigenvalue weighted by molar-refractivity contribution is -0.125. The minimum absolute atomic E-state index is 0.162. The van der Waals surface area contributed by atoms with Gasteiger partial charge in [0, 0.05) is 18.3 Å². The fraction of sp³-hybridized carbons (Fsp3) is 0.789. The number of aromatic nitrogens is 2. The van der Waals surface area contributed by atoms with Gasteiger partial charge in [-0.15, -0.1) is 0 Å². The molecule has 2 saturated carbocycles. The molecule has 0 aliphatic heterocycles. The van der Waals surface area contributed by atoms with E-state index in [4.69, 9.17) is 5.73 Å². The molecule has 1 aromatic heterocycles. The van der Waals surface area contributed by atoms with Gasteiger partial charge in [0.15, 0.2) is 0 Å². The number of nitrogens with one attached hydrogen (secondary N) is 2. The second-order valence-corrected chi connectivity index (χ2v) is 8.06. The maximum Gasteiger partial charge on any atom is 0.237 e. The molecule has 2 fully saturated rings. The molecule has 2 aliphatic rings. The molecule has 0 unspecified atom stereocenters. The van der Waals surface area contributed by atoms with Crippen molar-refractivity contribution in [3.8, 4) is 0 Å². The summed E-state index contributed by atoms with van der Waals surface area (Å²) in [5.74, 6) is 0.357. The van der Waals surface area contributed by atoms with E-state index in [1.165, 1.54) is 19.3 Å². The molecule has 1 amide bonds. The van der Waals surface area contributed by atoms with Crippen LogP contribution in [0.1, 0.15) is 57.1 Å². The van der Waals surface area contributed by atoms with Gasteiger partial charge in [-0.05, 0) is 31.1 Å². The Morgan fingerprint density at radius 1 is 1.27 bits per heavy atom. The number of hydrogen-bond donors (Lipinski definition) is 5. The second kappa shape index (κ2) is 8.97. The van der Waals surface area contributed by atoms with Gasteiger partial charge in [-0.2, -0.15) is 0 Å². The highest BCUT2D eigenvalue weighted by atomic mass is 16.3. The Morgan fingerprint density at radius 2 is 2.00 bits per heavy atom. The smallest absolute Gasteiger partial charge is 0.237 e. The summed E-state index contributed by atoms with van der Waals surface area (Å²) in [6, 6.07) is -1.16. The number of aromatic amines is 1. The molecule has 26 heavy (non-hydrogen) atoms. The van der Waals surface area contributed by atoms with Crippen molar-refractivity contribution in [1.82, 2.24) is 15.3 Å². The highest BCUT2D eigenvalue weighted by Crippen LogP contribution is 2.36. The average Bonchev–Trinajstić information content (AvgIpc) is 3.38. The van der Waals surface area contributed by atoms with Crippen LogP contribution in [0.2, 0.25) is 0 Å². The van der Waals surface area contributed by atoms with Crippen LogP contribution < -0.4 is 11.1 Å². The molecule has 6 N–H and O–H groups in total. The zero-order valence-corrected chi connectivity index (χ0v) is 15.3. The standard InChI is InChI=1S/C19H32N4O3/c20-15(9-14-10-21-11-22-14)19(26)23-16(8-12-4-2-1-3-5-12)18(25)17(24)13-6-7-13/h10-13,15-18,24-25H,1-9,20H2,(H,21,22)(H,23,26)/t15-,16+,17+,18-/m0/s1. The van der Waals surface area contributed by atoms with Gasteiger partial charge in [-0.3, -0.25) is 4.79 Å². The van der Waals surface area contributed by atoms with Gasteiger partial charge in [-0.25, -0.2) is 4.98 Å². The zero-order chi connectivity index (χ0) is 18.5. The van der Waals surface area contributed by atoms with E-state index in [1.807, 2.05) is 0 Å². The lowest BCUT2D eigenvalue weighted by Crippen LogP contribution is -2.54. The van der Waals surface area contributed by atoms with E-state index in [9.17, 15) is 15.0 Å². The quantitative estimate of drug-likeness (QED) is 0.445. The Balaban J connectivity index is 1.60. The summed E-state index contributed by atoms with van der Waals surface area (Å²) in [4.78, 5) is 19.5. The Bertz CT molecular complexity index is 555. The van der Waals surface area contributed by atoms with E-state index in [-0.39, 0.29) is 11.8 Å². The van der Waals surface area contributed by atoms with Gasteiger partial charge >= 0.3 is 0 Å². The van der Waals surface area contributed by atoms with Crippen molar-refractivity contribution in [2.45, 2.75) is 82.1 Å². The molecule has 0 aromatic carbocycles. The molecule has 3 rings (SSSR count). The molecule has 7 heteroatoms. The molecule has 2 aliphatic carbocycles. The highest BCUT2D eigenvalue weighted by molar-refractivity contribution is 5.82. The normalized spacial score (nSPS) is 23.2. The predicted molar refractivity (Wildman–Crippen MR) is 98.1 cm³/mol. The fourth-order valence-corrected chi connectivity index (χ4v) is 4.04. The van der Waals surface area contributed by atoms with Crippen molar-refractivity contribution in [3.05, 3.63) is 18.2 Å². The van der Waals surface area contributed by atoms with Crippen molar-refractivity contribution >= 4 is 5.91 Å². The first kappa shape index (κ1) is 19.3. The van der Waals surface area contributed by atoms with Crippen LogP contribution in [0.15, 0.2) is 12.5 Å². The van der Waals surface area contributed by atoms with Crippen LogP contribution in [0.3, 0.4) is 0 Å². The number of carbonyl (C=O) groups is 1. The SMILES string of the molecule is N[C@@H](Cc1cnc[nH]1)C(=O)N[C@H](CC1CCCCC1)[C@H](O)[C@H](O)C1CC1. The minimum atomic E-state index is -0.937. The number of hydrogen-bond acceptors (Lipinski definition) is 5. The number of nitrogens with two attached hydrogens (primary N) is 1. The summed E-state index contributed by atoms with van der Waals surface area (Å²) in [5, 5.41) is 24.0. The Hall–Kier alpha value is -1.44. The Labute approximate surface area is 154 Å². The largest absolute Gasteiger partial charge is 0.390 e. The molecule has 1 aromatic rings. The maximum absolute atomic E-state index is 12.6. The van der Waals surface area contributed by atoms with Gasteiger partial charge in [0.25, 0.3) is 0 Å². The van der Waals surface area contributed by atoms with Crippen LogP contribution in [0.5, 0.6) is 0 Å². The molecule has 1 heterocycles. The third kappa shape index (κ3) is 5.28. The summed E-state index contributed by atoms with van der Waals surface area (Å²) in [5.41, 5.74) is 6.84. The topological polar surface area (TPSA) is 124 Å². The third-order valence-electron chi connectivity index (χ3n) is 5.84. The van der Waals surface area contributed by atoms with E-state index in [0.29, 0.717) is 18.8 Å². The van der Waals surface area contributed by atoms with Crippen molar-refractivity contribution in [2.24, 2.45) is 17.6 Å². The van der Waals surface area contributed by atoms with Crippen molar-refractivity contribution in [3.63, 3.8) is 0 Å². The number of rotatable bonds is 9. The molecule has 0 bridgehead atoms. The monoisotopic (exact) mass is 364 g/mol. The first-order chi connectivity index (χ1) is 12.5. The van der Waals surface area contributed by atoms with Gasteiger partial charge in [0.2, 0.25) is 5.91 Å². The van der Waals surface area contributed by atoms with Crippen molar-refractivity contribution in [1.29, 1.82) is 0 Å². The van der Waals surface area contributed by atoms with E-state index in [0.717, 1.165) is 31.4 Å². The number of nitrogens with zero attached hydrogens (tertiary/aromatic N) is 1. The van der Waals surface area contributed by atoms with Crippen LogP contribution in [0.4, 0.5) is 0 Å². The molecule has 146 valence electrons. The third-order valence-corrected chi connectivity index (χ3v) is 5.84. The van der Waals surface area contributed by atoms with Crippen LogP contribution in [0, 0.1) is 11.8 Å². The van der Waals surface area contributed by atoms with Crippen LogP contribution in [-0.4, -0.2) is 50.4 Å². The number of aliphatic hydroxyl groups excluding tert-OH is 2. The molecule has 0 spiro atoms. The molecule has 7 nitrogen and oxygen atoms in total. The van der Waals surface area contributed by atoms with Gasteiger partial charge < -0.3 is 26.2 Å². The van der Waals surface area contributed by atoms with Crippen LogP contribution in [-0.2, 0) is 11.2 Å².